The molecule has 1 fully saturated rings. The van der Waals surface area contributed by atoms with Crippen LogP contribution in [0.3, 0.4) is 0 Å². The molecule has 1 amide bonds. The average Bonchev–Trinajstić information content (AvgIpc) is 3.97. The Morgan fingerprint density at radius 2 is 0.949 bits per heavy atom. The number of ether oxygens (including phenoxy) is 2. The summed E-state index contributed by atoms with van der Waals surface area (Å²) < 4.78 is 11.4. The monoisotopic (exact) mass is 852 g/mol. The highest BCUT2D eigenvalue weighted by molar-refractivity contribution is 7.99. The maximum absolute atomic E-state index is 12.8. The number of carbonyl (C=O) groups excluding carboxylic acids is 3. The Labute approximate surface area is 367 Å². The lowest BCUT2D eigenvalue weighted by Gasteiger charge is -2.19. The summed E-state index contributed by atoms with van der Waals surface area (Å²) >= 11 is 1.30. The van der Waals surface area contributed by atoms with Crippen molar-refractivity contribution in [3.05, 3.63) is 0 Å². The molecule has 0 bridgehead atoms. The molecule has 0 radical (unpaired) electrons. The largest absolute Gasteiger partial charge is 0.480 e. The van der Waals surface area contributed by atoms with E-state index in [1.165, 1.54) is 166 Å². The molecule has 0 aliphatic heterocycles. The molecule has 1 rings (SSSR count). The molecule has 0 aromatic carbocycles. The first kappa shape index (κ1) is 55.2. The number of esters is 2. The zero-order valence-electron chi connectivity index (χ0n) is 38.7. The number of rotatable bonds is 45. The molecule has 1 saturated carbocycles. The Morgan fingerprint density at radius 1 is 0.525 bits per heavy atom. The Kier molecular flexibility index (Phi) is 37.7. The first-order valence-corrected chi connectivity index (χ1v) is 26.4. The van der Waals surface area contributed by atoms with E-state index in [4.69, 9.17) is 9.47 Å². The van der Waals surface area contributed by atoms with Crippen molar-refractivity contribution in [3.8, 4) is 0 Å². The van der Waals surface area contributed by atoms with Gasteiger partial charge < -0.3 is 19.9 Å². The number of carbonyl (C=O) groups is 4. The third-order valence-electron chi connectivity index (χ3n) is 12.1. The summed E-state index contributed by atoms with van der Waals surface area (Å²) in [6, 6.07) is -1.04. The standard InChI is InChI=1S/C50H93NO7S/c1-4-7-9-11-13-15-17-18-20-21-23-27-31-36-47(52)51-46(50(55)56)42-59-41-45(58-49(54)38-33-28-24-22-19-16-14-12-10-8-5-2)40-57-48(53)37-32-29-25-26-30-35-44-39-43(44)34-6-3/h43-46H,4-42H2,1-3H3,(H,51,52)(H,55,56). The molecule has 0 spiro atoms. The van der Waals surface area contributed by atoms with Crippen molar-refractivity contribution in [2.24, 2.45) is 11.8 Å². The molecule has 1 aliphatic rings. The maximum Gasteiger partial charge on any atom is 0.327 e. The first-order chi connectivity index (χ1) is 28.8. The predicted octanol–water partition coefficient (Wildman–Crippen LogP) is 14.1. The summed E-state index contributed by atoms with van der Waals surface area (Å²) in [5, 5.41) is 12.5. The van der Waals surface area contributed by atoms with Gasteiger partial charge in [-0.15, -0.1) is 0 Å². The number of hydrogen-bond acceptors (Lipinski definition) is 7. The molecule has 0 aromatic heterocycles. The second-order valence-corrected chi connectivity index (χ2v) is 19.0. The van der Waals surface area contributed by atoms with Gasteiger partial charge in [0.05, 0.1) is 0 Å². The van der Waals surface area contributed by atoms with Crippen molar-refractivity contribution in [1.82, 2.24) is 5.32 Å². The average molecular weight is 852 g/mol. The minimum atomic E-state index is -1.08. The Morgan fingerprint density at radius 3 is 1.42 bits per heavy atom. The van der Waals surface area contributed by atoms with E-state index in [0.29, 0.717) is 19.3 Å². The maximum atomic E-state index is 12.8. The van der Waals surface area contributed by atoms with Crippen LogP contribution in [-0.2, 0) is 28.7 Å². The van der Waals surface area contributed by atoms with Crippen LogP contribution in [0.25, 0.3) is 0 Å². The van der Waals surface area contributed by atoms with Crippen LogP contribution < -0.4 is 5.32 Å². The fraction of sp³-hybridized carbons (Fsp3) is 0.920. The van der Waals surface area contributed by atoms with E-state index in [1.54, 1.807) is 0 Å². The molecular weight excluding hydrogens is 759 g/mol. The number of unbranched alkanes of at least 4 members (excludes halogenated alkanes) is 26. The minimum Gasteiger partial charge on any atom is -0.480 e. The van der Waals surface area contributed by atoms with Crippen molar-refractivity contribution in [2.75, 3.05) is 18.1 Å². The van der Waals surface area contributed by atoms with Gasteiger partial charge in [0.1, 0.15) is 18.8 Å². The molecular formula is C50H93NO7S. The summed E-state index contributed by atoms with van der Waals surface area (Å²) in [6.45, 7) is 6.72. The van der Waals surface area contributed by atoms with Crippen LogP contribution >= 0.6 is 11.8 Å². The smallest absolute Gasteiger partial charge is 0.327 e. The molecule has 2 N–H and O–H groups in total. The van der Waals surface area contributed by atoms with Crippen LogP contribution in [0, 0.1) is 11.8 Å². The molecule has 9 heteroatoms. The van der Waals surface area contributed by atoms with Crippen LogP contribution in [0.5, 0.6) is 0 Å². The topological polar surface area (TPSA) is 119 Å². The normalized spacial score (nSPS) is 15.8. The van der Waals surface area contributed by atoms with Gasteiger partial charge >= 0.3 is 17.9 Å². The van der Waals surface area contributed by atoms with Crippen LogP contribution in [-0.4, -0.2) is 59.2 Å². The molecule has 4 atom stereocenters. The van der Waals surface area contributed by atoms with Gasteiger partial charge in [0, 0.05) is 30.8 Å². The van der Waals surface area contributed by atoms with Gasteiger partial charge in [-0.3, -0.25) is 14.4 Å². The number of carboxylic acid groups (broad SMARTS) is 1. The van der Waals surface area contributed by atoms with E-state index in [2.05, 4.69) is 26.1 Å². The highest BCUT2D eigenvalue weighted by Crippen LogP contribution is 2.45. The van der Waals surface area contributed by atoms with E-state index < -0.39 is 18.1 Å². The fourth-order valence-corrected chi connectivity index (χ4v) is 9.23. The molecule has 8 nitrogen and oxygen atoms in total. The first-order valence-electron chi connectivity index (χ1n) is 25.3. The number of amides is 1. The number of carboxylic acids is 1. The lowest BCUT2D eigenvalue weighted by molar-refractivity contribution is -0.157. The van der Waals surface area contributed by atoms with Gasteiger partial charge in [0.25, 0.3) is 0 Å². The van der Waals surface area contributed by atoms with E-state index in [9.17, 15) is 24.3 Å². The van der Waals surface area contributed by atoms with Crippen molar-refractivity contribution in [1.29, 1.82) is 0 Å². The SMILES string of the molecule is CCCCCCCCCCCCCCCC(=O)NC(CSCC(COC(=O)CCCCCCCC1CC1CCC)OC(=O)CCCCCCCCCCCCC)C(=O)O. The minimum absolute atomic E-state index is 0.0424. The summed E-state index contributed by atoms with van der Waals surface area (Å²) in [5.74, 6) is 0.438. The van der Waals surface area contributed by atoms with Gasteiger partial charge in [0.2, 0.25) is 5.91 Å². The van der Waals surface area contributed by atoms with E-state index in [-0.39, 0.29) is 36.0 Å². The highest BCUT2D eigenvalue weighted by atomic mass is 32.2. The summed E-state index contributed by atoms with van der Waals surface area (Å²) in [4.78, 5) is 50.2. The Hall–Kier alpha value is -1.77. The van der Waals surface area contributed by atoms with Crippen molar-refractivity contribution < 1.29 is 33.8 Å². The zero-order chi connectivity index (χ0) is 43.0. The predicted molar refractivity (Wildman–Crippen MR) is 248 cm³/mol. The molecule has 0 aromatic rings. The van der Waals surface area contributed by atoms with E-state index in [0.717, 1.165) is 69.6 Å². The van der Waals surface area contributed by atoms with E-state index >= 15 is 0 Å². The number of thioether (sulfide) groups is 1. The zero-order valence-corrected chi connectivity index (χ0v) is 39.5. The molecule has 0 saturated heterocycles. The number of aliphatic carboxylic acids is 1. The van der Waals surface area contributed by atoms with Crippen molar-refractivity contribution in [2.45, 2.75) is 264 Å². The van der Waals surface area contributed by atoms with Crippen LogP contribution in [0.2, 0.25) is 0 Å². The van der Waals surface area contributed by atoms with Crippen molar-refractivity contribution in [3.63, 3.8) is 0 Å². The molecule has 4 unspecified atom stereocenters. The van der Waals surface area contributed by atoms with Gasteiger partial charge in [0.15, 0.2) is 0 Å². The summed E-state index contributed by atoms with van der Waals surface area (Å²) in [6.07, 6.45) is 40.3. The van der Waals surface area contributed by atoms with Gasteiger partial charge in [-0.25, -0.2) is 4.79 Å². The molecule has 0 heterocycles. The second-order valence-electron chi connectivity index (χ2n) is 17.9. The van der Waals surface area contributed by atoms with E-state index in [1.807, 2.05) is 0 Å². The lowest BCUT2D eigenvalue weighted by Crippen LogP contribution is -2.42. The summed E-state index contributed by atoms with van der Waals surface area (Å²) in [5.41, 5.74) is 0. The van der Waals surface area contributed by atoms with Crippen molar-refractivity contribution >= 4 is 35.6 Å². The number of hydrogen-bond donors (Lipinski definition) is 2. The van der Waals surface area contributed by atoms with Gasteiger partial charge in [-0.2, -0.15) is 11.8 Å². The Balaban J connectivity index is 2.38. The Bertz CT molecular complexity index is 1030. The van der Waals surface area contributed by atoms with Crippen LogP contribution in [0.1, 0.15) is 252 Å². The van der Waals surface area contributed by atoms with Crippen LogP contribution in [0.4, 0.5) is 0 Å². The molecule has 1 aliphatic carbocycles. The van der Waals surface area contributed by atoms with Gasteiger partial charge in [-0.1, -0.05) is 207 Å². The highest BCUT2D eigenvalue weighted by Gasteiger charge is 2.34. The van der Waals surface area contributed by atoms with Gasteiger partial charge in [-0.05, 0) is 37.5 Å². The third-order valence-corrected chi connectivity index (χ3v) is 13.3. The summed E-state index contributed by atoms with van der Waals surface area (Å²) in [7, 11) is 0. The molecule has 346 valence electrons. The third kappa shape index (κ3) is 35.5. The number of nitrogens with one attached hydrogen (secondary N) is 1. The quantitative estimate of drug-likeness (QED) is 0.0459. The van der Waals surface area contributed by atoms with Crippen LogP contribution in [0.15, 0.2) is 0 Å². The lowest BCUT2D eigenvalue weighted by atomic mass is 10.0. The fourth-order valence-electron chi connectivity index (χ4n) is 8.21. The molecule has 59 heavy (non-hydrogen) atoms. The second kappa shape index (κ2) is 40.3.